The highest BCUT2D eigenvalue weighted by Gasteiger charge is 2.32. The summed E-state index contributed by atoms with van der Waals surface area (Å²) >= 11 is 1.47. The molecule has 1 aliphatic heterocycles. The molecule has 1 aromatic heterocycles. The number of rotatable bonds is 4. The molecule has 2 N–H and O–H groups in total. The summed E-state index contributed by atoms with van der Waals surface area (Å²) in [7, 11) is 0. The Morgan fingerprint density at radius 1 is 1.46 bits per heavy atom. The number of ketones is 1. The van der Waals surface area contributed by atoms with Crippen LogP contribution in [-0.2, 0) is 12.0 Å². The highest BCUT2D eigenvalue weighted by atomic mass is 32.2. The van der Waals surface area contributed by atoms with Crippen LogP contribution in [0.3, 0.4) is 0 Å². The van der Waals surface area contributed by atoms with Gasteiger partial charge in [0, 0.05) is 17.7 Å². The molecule has 3 rings (SSSR count). The average Bonchev–Trinajstić information content (AvgIpc) is 2.95. The quantitative estimate of drug-likeness (QED) is 0.855. The van der Waals surface area contributed by atoms with E-state index in [0.717, 1.165) is 16.9 Å². The third-order valence-electron chi connectivity index (χ3n) is 4.29. The van der Waals surface area contributed by atoms with Gasteiger partial charge in [-0.15, -0.1) is 0 Å². The number of Topliss-reactive ketones (excluding diaryl/α,β-unsaturated/α-hetero) is 1. The van der Waals surface area contributed by atoms with Gasteiger partial charge in [0.05, 0.1) is 11.8 Å². The number of nitrogens with zero attached hydrogens (tertiary/aromatic N) is 1. The van der Waals surface area contributed by atoms with Gasteiger partial charge in [0.15, 0.2) is 10.9 Å². The number of thioether (sulfide) groups is 1. The topological polar surface area (TPSA) is 68.6 Å². The predicted octanol–water partition coefficient (Wildman–Crippen LogP) is 3.82. The molecule has 0 bridgehead atoms. The van der Waals surface area contributed by atoms with Crippen molar-refractivity contribution in [1.82, 2.24) is 0 Å². The minimum atomic E-state index is -0.695. The molecule has 0 aliphatic carbocycles. The van der Waals surface area contributed by atoms with Crippen molar-refractivity contribution in [3.63, 3.8) is 0 Å². The number of aliphatic imine (C=N–C) groups is 1. The zero-order valence-electron chi connectivity index (χ0n) is 13.6. The fraction of sp³-hybridized carbons (Fsp3) is 0.333. The molecule has 1 aromatic carbocycles. The standard InChI is InChI=1S/C18H19FN2O2S/c1-11-5-7-23-16(11)15(22)10-12-3-4-14(19)13(9-12)18(2)6-8-24-17(20)21-18/h3-5,7,9H,6,8,10H2,1-2H3,(H2,20,21)/t18-/m0/s1. The normalized spacial score (nSPS) is 20.7. The lowest BCUT2D eigenvalue weighted by Gasteiger charge is -2.30. The molecule has 0 unspecified atom stereocenters. The van der Waals surface area contributed by atoms with E-state index in [9.17, 15) is 9.18 Å². The number of furan rings is 1. The Morgan fingerprint density at radius 2 is 2.25 bits per heavy atom. The lowest BCUT2D eigenvalue weighted by molar-refractivity contribution is 0.0965. The van der Waals surface area contributed by atoms with Gasteiger partial charge in [-0.05, 0) is 49.6 Å². The molecule has 0 radical (unpaired) electrons. The van der Waals surface area contributed by atoms with Gasteiger partial charge in [0.1, 0.15) is 5.82 Å². The van der Waals surface area contributed by atoms with E-state index in [4.69, 9.17) is 10.2 Å². The van der Waals surface area contributed by atoms with Crippen LogP contribution in [0.25, 0.3) is 0 Å². The summed E-state index contributed by atoms with van der Waals surface area (Å²) in [6.45, 7) is 3.70. The van der Waals surface area contributed by atoms with Crippen LogP contribution in [0.15, 0.2) is 39.9 Å². The molecule has 0 spiro atoms. The Kier molecular flexibility index (Phi) is 4.49. The second-order valence-corrected chi connectivity index (χ2v) is 7.28. The summed E-state index contributed by atoms with van der Waals surface area (Å²) in [5.74, 6) is 0.692. The maximum Gasteiger partial charge on any atom is 0.202 e. The summed E-state index contributed by atoms with van der Waals surface area (Å²) in [6.07, 6.45) is 2.35. The van der Waals surface area contributed by atoms with Gasteiger partial charge in [-0.2, -0.15) is 0 Å². The van der Waals surface area contributed by atoms with Gasteiger partial charge in [0.25, 0.3) is 0 Å². The fourth-order valence-electron chi connectivity index (χ4n) is 2.90. The van der Waals surface area contributed by atoms with Crippen LogP contribution in [0, 0.1) is 12.7 Å². The van der Waals surface area contributed by atoms with E-state index >= 15 is 0 Å². The van der Waals surface area contributed by atoms with E-state index in [1.807, 2.05) is 13.8 Å². The lowest BCUT2D eigenvalue weighted by Crippen LogP contribution is -2.29. The number of benzene rings is 1. The van der Waals surface area contributed by atoms with Crippen LogP contribution < -0.4 is 5.73 Å². The molecule has 0 saturated carbocycles. The number of amidine groups is 1. The molecular formula is C18H19FN2O2S. The number of carbonyl (C=O) groups excluding carboxylic acids is 1. The smallest absolute Gasteiger partial charge is 0.202 e. The van der Waals surface area contributed by atoms with Crippen molar-refractivity contribution < 1.29 is 13.6 Å². The van der Waals surface area contributed by atoms with Crippen LogP contribution in [0.5, 0.6) is 0 Å². The zero-order chi connectivity index (χ0) is 17.3. The Labute approximate surface area is 144 Å². The van der Waals surface area contributed by atoms with Crippen molar-refractivity contribution >= 4 is 22.7 Å². The monoisotopic (exact) mass is 346 g/mol. The summed E-state index contributed by atoms with van der Waals surface area (Å²) in [5, 5.41) is 0.468. The number of halogens is 1. The number of hydrogen-bond donors (Lipinski definition) is 1. The Morgan fingerprint density at radius 3 is 2.92 bits per heavy atom. The number of hydrogen-bond acceptors (Lipinski definition) is 5. The second-order valence-electron chi connectivity index (χ2n) is 6.17. The molecule has 0 fully saturated rings. The summed E-state index contributed by atoms with van der Waals surface area (Å²) in [5.41, 5.74) is 7.14. The molecule has 0 amide bonds. The van der Waals surface area contributed by atoms with Crippen molar-refractivity contribution in [2.45, 2.75) is 32.2 Å². The first-order valence-corrected chi connectivity index (χ1v) is 8.72. The van der Waals surface area contributed by atoms with Crippen LogP contribution in [-0.4, -0.2) is 16.7 Å². The molecule has 6 heteroatoms. The van der Waals surface area contributed by atoms with Crippen molar-refractivity contribution in [2.24, 2.45) is 10.7 Å². The highest BCUT2D eigenvalue weighted by molar-refractivity contribution is 8.13. The molecular weight excluding hydrogens is 327 g/mol. The minimum Gasteiger partial charge on any atom is -0.461 e. The van der Waals surface area contributed by atoms with Crippen LogP contribution >= 0.6 is 11.8 Å². The Bertz CT molecular complexity index is 815. The van der Waals surface area contributed by atoms with E-state index in [-0.39, 0.29) is 18.0 Å². The van der Waals surface area contributed by atoms with Crippen molar-refractivity contribution in [3.05, 3.63) is 58.8 Å². The molecule has 1 atom stereocenters. The zero-order valence-corrected chi connectivity index (χ0v) is 14.5. The van der Waals surface area contributed by atoms with E-state index in [1.54, 1.807) is 18.2 Å². The number of nitrogens with two attached hydrogens (primary N) is 1. The van der Waals surface area contributed by atoms with Gasteiger partial charge < -0.3 is 10.2 Å². The van der Waals surface area contributed by atoms with Gasteiger partial charge in [-0.1, -0.05) is 17.8 Å². The summed E-state index contributed by atoms with van der Waals surface area (Å²) in [4.78, 5) is 16.8. The van der Waals surface area contributed by atoms with E-state index in [2.05, 4.69) is 4.99 Å². The average molecular weight is 346 g/mol. The molecule has 1 aliphatic rings. The summed E-state index contributed by atoms with van der Waals surface area (Å²) < 4.78 is 19.6. The fourth-order valence-corrected chi connectivity index (χ4v) is 3.87. The third-order valence-corrected chi connectivity index (χ3v) is 5.08. The first-order chi connectivity index (χ1) is 11.4. The van der Waals surface area contributed by atoms with Crippen LogP contribution in [0.2, 0.25) is 0 Å². The summed E-state index contributed by atoms with van der Waals surface area (Å²) in [6, 6.07) is 6.49. The molecule has 126 valence electrons. The van der Waals surface area contributed by atoms with Crippen molar-refractivity contribution in [1.29, 1.82) is 0 Å². The van der Waals surface area contributed by atoms with Gasteiger partial charge >= 0.3 is 0 Å². The highest BCUT2D eigenvalue weighted by Crippen LogP contribution is 2.36. The van der Waals surface area contributed by atoms with E-state index in [0.29, 0.717) is 22.9 Å². The maximum absolute atomic E-state index is 14.4. The third kappa shape index (κ3) is 3.24. The van der Waals surface area contributed by atoms with Crippen LogP contribution in [0.1, 0.15) is 40.6 Å². The van der Waals surface area contributed by atoms with Gasteiger partial charge in [0.2, 0.25) is 5.78 Å². The molecule has 2 aromatic rings. The Balaban J connectivity index is 1.91. The number of aryl methyl sites for hydroxylation is 1. The van der Waals surface area contributed by atoms with Crippen molar-refractivity contribution in [2.75, 3.05) is 5.75 Å². The van der Waals surface area contributed by atoms with Gasteiger partial charge in [-0.25, -0.2) is 4.39 Å². The SMILES string of the molecule is Cc1ccoc1C(=O)Cc1ccc(F)c([C@]2(C)CCSC(N)=N2)c1. The first kappa shape index (κ1) is 16.8. The second kappa shape index (κ2) is 6.43. The lowest BCUT2D eigenvalue weighted by atomic mass is 9.87. The molecule has 24 heavy (non-hydrogen) atoms. The maximum atomic E-state index is 14.4. The molecule has 2 heterocycles. The molecule has 0 saturated heterocycles. The largest absolute Gasteiger partial charge is 0.461 e. The molecule has 4 nitrogen and oxygen atoms in total. The van der Waals surface area contributed by atoms with E-state index < -0.39 is 5.54 Å². The van der Waals surface area contributed by atoms with Gasteiger partial charge in [-0.3, -0.25) is 9.79 Å². The van der Waals surface area contributed by atoms with E-state index in [1.165, 1.54) is 24.1 Å². The predicted molar refractivity (Wildman–Crippen MR) is 93.9 cm³/mol. The Hall–Kier alpha value is -2.08. The van der Waals surface area contributed by atoms with Crippen molar-refractivity contribution in [3.8, 4) is 0 Å². The minimum absolute atomic E-state index is 0.123. The van der Waals surface area contributed by atoms with Crippen LogP contribution in [0.4, 0.5) is 4.39 Å². The number of carbonyl (C=O) groups is 1. The first-order valence-electron chi connectivity index (χ1n) is 7.73.